The number of aromatic nitrogens is 2. The van der Waals surface area contributed by atoms with Crippen molar-refractivity contribution in [1.29, 1.82) is 0 Å². The van der Waals surface area contributed by atoms with Crippen molar-refractivity contribution in [1.82, 2.24) is 15.3 Å². The van der Waals surface area contributed by atoms with E-state index in [1.165, 1.54) is 12.8 Å². The molecule has 0 radical (unpaired) electrons. The summed E-state index contributed by atoms with van der Waals surface area (Å²) in [5, 5.41) is 6.03. The first-order valence-electron chi connectivity index (χ1n) is 7.43. The van der Waals surface area contributed by atoms with Gasteiger partial charge in [-0.05, 0) is 31.0 Å². The van der Waals surface area contributed by atoms with Gasteiger partial charge in [-0.1, -0.05) is 12.1 Å². The predicted octanol–water partition coefficient (Wildman–Crippen LogP) is 1.78. The van der Waals surface area contributed by atoms with Crippen LogP contribution in [0.4, 0.5) is 11.5 Å². The fourth-order valence-corrected chi connectivity index (χ4v) is 2.18. The molecular formula is C16H19N5O. The summed E-state index contributed by atoms with van der Waals surface area (Å²) in [6.45, 7) is 1.09. The van der Waals surface area contributed by atoms with E-state index in [2.05, 4.69) is 20.6 Å². The third-order valence-electron chi connectivity index (χ3n) is 3.54. The lowest BCUT2D eigenvalue weighted by molar-refractivity contribution is 0.0956. The Labute approximate surface area is 129 Å². The maximum Gasteiger partial charge on any atom is 0.253 e. The van der Waals surface area contributed by atoms with Crippen molar-refractivity contribution in [3.8, 4) is 0 Å². The molecule has 4 N–H and O–H groups in total. The zero-order chi connectivity index (χ0) is 15.4. The molecule has 0 spiro atoms. The third-order valence-corrected chi connectivity index (χ3v) is 3.54. The van der Waals surface area contributed by atoms with Gasteiger partial charge in [-0.15, -0.1) is 0 Å². The number of anilines is 2. The van der Waals surface area contributed by atoms with Crippen molar-refractivity contribution >= 4 is 17.4 Å². The summed E-state index contributed by atoms with van der Waals surface area (Å²) in [6.07, 6.45) is 4.13. The molecule has 6 heteroatoms. The number of carbonyl (C=O) groups is 1. The van der Waals surface area contributed by atoms with Crippen LogP contribution in [0.1, 0.15) is 34.9 Å². The Morgan fingerprint density at radius 3 is 2.82 bits per heavy atom. The molecule has 1 aromatic heterocycles. The first-order valence-corrected chi connectivity index (χ1v) is 7.43. The smallest absolute Gasteiger partial charge is 0.253 e. The van der Waals surface area contributed by atoms with Gasteiger partial charge in [0.1, 0.15) is 11.6 Å². The summed E-state index contributed by atoms with van der Waals surface area (Å²) in [5.41, 5.74) is 6.76. The van der Waals surface area contributed by atoms with Crippen molar-refractivity contribution in [2.45, 2.75) is 18.8 Å². The van der Waals surface area contributed by atoms with E-state index in [9.17, 15) is 4.79 Å². The molecule has 1 heterocycles. The zero-order valence-corrected chi connectivity index (χ0v) is 12.2. The van der Waals surface area contributed by atoms with Gasteiger partial charge in [-0.25, -0.2) is 9.97 Å². The Morgan fingerprint density at radius 1 is 1.23 bits per heavy atom. The van der Waals surface area contributed by atoms with Crippen LogP contribution in [0.3, 0.4) is 0 Å². The van der Waals surface area contributed by atoms with Crippen molar-refractivity contribution in [3.63, 3.8) is 0 Å². The second-order valence-electron chi connectivity index (χ2n) is 5.34. The number of hydrogen-bond acceptors (Lipinski definition) is 5. The molecule has 1 aliphatic rings. The molecule has 1 aromatic carbocycles. The summed E-state index contributed by atoms with van der Waals surface area (Å²) in [7, 11) is 0. The Balaban J connectivity index is 1.46. The molecule has 22 heavy (non-hydrogen) atoms. The Hall–Kier alpha value is -2.63. The fourth-order valence-electron chi connectivity index (χ4n) is 2.18. The highest BCUT2D eigenvalue weighted by Crippen LogP contribution is 2.37. The molecule has 0 unspecified atom stereocenters. The second kappa shape index (κ2) is 6.43. The molecule has 114 valence electrons. The number of nitrogens with one attached hydrogen (secondary N) is 2. The van der Waals surface area contributed by atoms with E-state index in [1.807, 2.05) is 6.07 Å². The minimum atomic E-state index is -0.166. The van der Waals surface area contributed by atoms with Crippen molar-refractivity contribution < 1.29 is 4.79 Å². The summed E-state index contributed by atoms with van der Waals surface area (Å²) >= 11 is 0. The van der Waals surface area contributed by atoms with Gasteiger partial charge < -0.3 is 16.4 Å². The lowest BCUT2D eigenvalue weighted by atomic mass is 10.2. The van der Waals surface area contributed by atoms with Gasteiger partial charge in [0, 0.05) is 30.9 Å². The molecule has 0 atom stereocenters. The predicted molar refractivity (Wildman–Crippen MR) is 85.7 cm³/mol. The van der Waals surface area contributed by atoms with Crippen molar-refractivity contribution in [3.05, 3.63) is 47.9 Å². The summed E-state index contributed by atoms with van der Waals surface area (Å²) in [4.78, 5) is 20.7. The lowest BCUT2D eigenvalue weighted by Crippen LogP contribution is -2.29. The third kappa shape index (κ3) is 3.52. The van der Waals surface area contributed by atoms with Crippen LogP contribution in [0.2, 0.25) is 0 Å². The number of nitrogen functional groups attached to an aromatic ring is 1. The van der Waals surface area contributed by atoms with Gasteiger partial charge in [-0.3, -0.25) is 4.79 Å². The topological polar surface area (TPSA) is 92.9 Å². The normalized spacial score (nSPS) is 13.6. The van der Waals surface area contributed by atoms with Crippen LogP contribution in [0.15, 0.2) is 36.5 Å². The van der Waals surface area contributed by atoms with E-state index in [1.54, 1.807) is 30.5 Å². The number of benzene rings is 1. The van der Waals surface area contributed by atoms with Crippen LogP contribution in [0.5, 0.6) is 0 Å². The Bertz CT molecular complexity index is 669. The number of amides is 1. The average Bonchev–Trinajstić information content (AvgIpc) is 3.37. The largest absolute Gasteiger partial charge is 0.398 e. The van der Waals surface area contributed by atoms with Crippen molar-refractivity contribution in [2.75, 3.05) is 24.1 Å². The molecule has 1 amide bonds. The molecule has 3 rings (SSSR count). The molecule has 6 nitrogen and oxygen atoms in total. The lowest BCUT2D eigenvalue weighted by Gasteiger charge is -2.09. The van der Waals surface area contributed by atoms with E-state index >= 15 is 0 Å². The number of nitrogens with two attached hydrogens (primary N) is 1. The minimum Gasteiger partial charge on any atom is -0.398 e. The van der Waals surface area contributed by atoms with Crippen LogP contribution >= 0.6 is 0 Å². The molecule has 0 aliphatic heterocycles. The van der Waals surface area contributed by atoms with Gasteiger partial charge in [0.25, 0.3) is 5.91 Å². The number of para-hydroxylation sites is 1. The van der Waals surface area contributed by atoms with E-state index in [4.69, 9.17) is 5.73 Å². The molecule has 2 aromatic rings. The monoisotopic (exact) mass is 297 g/mol. The quantitative estimate of drug-likeness (QED) is 0.558. The molecule has 1 saturated carbocycles. The van der Waals surface area contributed by atoms with Crippen LogP contribution in [0.25, 0.3) is 0 Å². The first-order chi connectivity index (χ1) is 10.7. The summed E-state index contributed by atoms with van der Waals surface area (Å²) in [5.74, 6) is 2.07. The van der Waals surface area contributed by atoms with Gasteiger partial charge in [0.05, 0.1) is 5.56 Å². The first kappa shape index (κ1) is 14.3. The van der Waals surface area contributed by atoms with Crippen LogP contribution in [0, 0.1) is 0 Å². The Morgan fingerprint density at radius 2 is 2.05 bits per heavy atom. The Kier molecular flexibility index (Phi) is 4.18. The summed E-state index contributed by atoms with van der Waals surface area (Å²) in [6, 6.07) is 8.87. The maximum atomic E-state index is 12.0. The van der Waals surface area contributed by atoms with Gasteiger partial charge in [-0.2, -0.15) is 0 Å². The number of nitrogens with zero attached hydrogens (tertiary/aromatic N) is 2. The van der Waals surface area contributed by atoms with E-state index in [0.29, 0.717) is 30.3 Å². The maximum absolute atomic E-state index is 12.0. The van der Waals surface area contributed by atoms with E-state index in [0.717, 1.165) is 11.6 Å². The highest BCUT2D eigenvalue weighted by molar-refractivity contribution is 5.99. The molecule has 0 bridgehead atoms. The molecular weight excluding hydrogens is 278 g/mol. The highest BCUT2D eigenvalue weighted by Gasteiger charge is 2.26. The van der Waals surface area contributed by atoms with Gasteiger partial charge in [0.15, 0.2) is 0 Å². The van der Waals surface area contributed by atoms with Crippen molar-refractivity contribution in [2.24, 2.45) is 0 Å². The number of carbonyl (C=O) groups excluding carboxylic acids is 1. The van der Waals surface area contributed by atoms with Gasteiger partial charge >= 0.3 is 0 Å². The van der Waals surface area contributed by atoms with Crippen LogP contribution in [-0.4, -0.2) is 29.0 Å². The fraction of sp³-hybridized carbons (Fsp3) is 0.312. The number of rotatable bonds is 6. The highest BCUT2D eigenvalue weighted by atomic mass is 16.1. The van der Waals surface area contributed by atoms with E-state index < -0.39 is 0 Å². The standard InChI is InChI=1S/C16H19N5O/c17-13-4-2-1-3-12(13)16(22)20-10-9-18-14-7-8-19-15(21-14)11-5-6-11/h1-4,7-8,11H,5-6,9-10,17H2,(H,20,22)(H,18,19,21). The second-order valence-corrected chi connectivity index (χ2v) is 5.34. The van der Waals surface area contributed by atoms with Crippen LogP contribution < -0.4 is 16.4 Å². The zero-order valence-electron chi connectivity index (χ0n) is 12.2. The average molecular weight is 297 g/mol. The SMILES string of the molecule is Nc1ccccc1C(=O)NCCNc1ccnc(C2CC2)n1. The molecule has 1 aliphatic carbocycles. The molecule has 0 saturated heterocycles. The van der Waals surface area contributed by atoms with Crippen LogP contribution in [-0.2, 0) is 0 Å². The minimum absolute atomic E-state index is 0.166. The molecule has 1 fully saturated rings. The summed E-state index contributed by atoms with van der Waals surface area (Å²) < 4.78 is 0. The number of hydrogen-bond donors (Lipinski definition) is 3. The van der Waals surface area contributed by atoms with E-state index in [-0.39, 0.29) is 5.91 Å². The van der Waals surface area contributed by atoms with Gasteiger partial charge in [0.2, 0.25) is 0 Å².